The maximum absolute atomic E-state index is 12.0. The van der Waals surface area contributed by atoms with Gasteiger partial charge in [0, 0.05) is 0 Å². The Bertz CT molecular complexity index is 272. The lowest BCUT2D eigenvalue weighted by Crippen LogP contribution is -2.39. The summed E-state index contributed by atoms with van der Waals surface area (Å²) in [6.45, 7) is 0. The number of rotatable bonds is 2. The van der Waals surface area contributed by atoms with Gasteiger partial charge in [-0.25, -0.2) is 9.18 Å². The van der Waals surface area contributed by atoms with Crippen LogP contribution in [0.2, 0.25) is 0 Å². The molecule has 0 spiro atoms. The molecule has 0 aromatic heterocycles. The van der Waals surface area contributed by atoms with Crippen molar-refractivity contribution in [1.82, 2.24) is 0 Å². The van der Waals surface area contributed by atoms with E-state index in [1.54, 1.807) is 0 Å². The molecule has 1 saturated heterocycles. The molecule has 0 aliphatic carbocycles. The van der Waals surface area contributed by atoms with Crippen molar-refractivity contribution in [1.29, 1.82) is 0 Å². The largest absolute Gasteiger partial charge is 0.445 e. The van der Waals surface area contributed by atoms with Gasteiger partial charge in [0.25, 0.3) is 5.78 Å². The molecule has 72 valence electrons. The highest BCUT2D eigenvalue weighted by atomic mass is 18.2. The van der Waals surface area contributed by atoms with Crippen LogP contribution in [0.1, 0.15) is 0 Å². The van der Waals surface area contributed by atoms with Crippen molar-refractivity contribution >= 4 is 17.5 Å². The first-order valence-electron chi connectivity index (χ1n) is 3.24. The Balaban J connectivity index is 2.80. The van der Waals surface area contributed by atoms with Crippen LogP contribution in [0.4, 0.5) is 4.39 Å². The summed E-state index contributed by atoms with van der Waals surface area (Å²) in [6.07, 6.45) is -6.89. The van der Waals surface area contributed by atoms with Gasteiger partial charge >= 0.3 is 11.8 Å². The molecule has 2 N–H and O–H groups in total. The standard InChI is InChI=1S/C6H5FO6/c7-5(11)3(10)4-1(8)2(9)6(12)13-4/h3-5,10-11H/t3?,4-,5?/m0/s1/i7-1. The van der Waals surface area contributed by atoms with E-state index in [1.807, 2.05) is 0 Å². The zero-order valence-corrected chi connectivity index (χ0v) is 6.14. The fraction of sp³-hybridized carbons (Fsp3) is 0.500. The van der Waals surface area contributed by atoms with Gasteiger partial charge in [0.05, 0.1) is 0 Å². The van der Waals surface area contributed by atoms with Gasteiger partial charge in [0.15, 0.2) is 12.2 Å². The van der Waals surface area contributed by atoms with Crippen LogP contribution in [0.3, 0.4) is 0 Å². The van der Waals surface area contributed by atoms with E-state index in [-0.39, 0.29) is 0 Å². The van der Waals surface area contributed by atoms with Crippen LogP contribution in [-0.4, -0.2) is 46.3 Å². The van der Waals surface area contributed by atoms with Crippen molar-refractivity contribution in [2.24, 2.45) is 0 Å². The number of cyclic esters (lactones) is 1. The first kappa shape index (κ1) is 9.75. The van der Waals surface area contributed by atoms with E-state index in [0.717, 1.165) is 0 Å². The first-order chi connectivity index (χ1) is 5.95. The molecule has 0 aromatic rings. The van der Waals surface area contributed by atoms with E-state index < -0.39 is 36.1 Å². The molecular weight excluding hydrogens is 186 g/mol. The van der Waals surface area contributed by atoms with Crippen LogP contribution in [0.25, 0.3) is 0 Å². The molecule has 0 bridgehead atoms. The molecule has 0 radical (unpaired) electrons. The smallest absolute Gasteiger partial charge is 0.383 e. The molecule has 6 nitrogen and oxygen atoms in total. The second-order valence-electron chi connectivity index (χ2n) is 2.38. The lowest BCUT2D eigenvalue weighted by molar-refractivity contribution is -0.160. The zero-order valence-electron chi connectivity index (χ0n) is 6.14. The van der Waals surface area contributed by atoms with Crippen molar-refractivity contribution in [2.45, 2.75) is 18.6 Å². The van der Waals surface area contributed by atoms with Crippen LogP contribution in [0.15, 0.2) is 0 Å². The maximum atomic E-state index is 12.0. The Morgan fingerprint density at radius 3 is 2.15 bits per heavy atom. The van der Waals surface area contributed by atoms with Crippen molar-refractivity contribution < 1.29 is 33.7 Å². The normalized spacial score (nSPS) is 27.3. The van der Waals surface area contributed by atoms with Gasteiger partial charge in [-0.2, -0.15) is 0 Å². The molecule has 3 atom stereocenters. The summed E-state index contributed by atoms with van der Waals surface area (Å²) in [6, 6.07) is 0. The second kappa shape index (κ2) is 3.19. The third-order valence-electron chi connectivity index (χ3n) is 1.49. The summed E-state index contributed by atoms with van der Waals surface area (Å²) in [7, 11) is 0. The Labute approximate surface area is 70.9 Å². The highest BCUT2D eigenvalue weighted by Crippen LogP contribution is 2.14. The van der Waals surface area contributed by atoms with Crippen LogP contribution >= 0.6 is 0 Å². The average molecular weight is 191 g/mol. The van der Waals surface area contributed by atoms with E-state index in [2.05, 4.69) is 4.74 Å². The molecule has 1 aliphatic heterocycles. The number of ether oxygens (including phenoxy) is 1. The summed E-state index contributed by atoms with van der Waals surface area (Å²) in [5.41, 5.74) is 0. The van der Waals surface area contributed by atoms with E-state index in [4.69, 9.17) is 10.2 Å². The van der Waals surface area contributed by atoms with Gasteiger partial charge in [-0.05, 0) is 0 Å². The number of carbonyl (C=O) groups excluding carboxylic acids is 3. The number of hydrogen-bond acceptors (Lipinski definition) is 6. The number of aliphatic hydroxyl groups is 2. The molecule has 0 aromatic carbocycles. The third-order valence-corrected chi connectivity index (χ3v) is 1.49. The summed E-state index contributed by atoms with van der Waals surface area (Å²) in [5, 5.41) is 17.0. The minimum atomic E-state index is -2.74. The number of hydrogen-bond donors (Lipinski definition) is 2. The fourth-order valence-electron chi connectivity index (χ4n) is 0.821. The lowest BCUT2D eigenvalue weighted by Gasteiger charge is -2.14. The third kappa shape index (κ3) is 1.56. The quantitative estimate of drug-likeness (QED) is 0.376. The minimum Gasteiger partial charge on any atom is -0.445 e. The molecule has 0 saturated carbocycles. The van der Waals surface area contributed by atoms with Crippen molar-refractivity contribution in [3.05, 3.63) is 0 Å². The van der Waals surface area contributed by atoms with Gasteiger partial charge in [-0.3, -0.25) is 9.59 Å². The van der Waals surface area contributed by atoms with Crippen LogP contribution in [-0.2, 0) is 19.1 Å². The number of aliphatic hydroxyl groups excluding tert-OH is 2. The van der Waals surface area contributed by atoms with Gasteiger partial charge in [0.1, 0.15) is 0 Å². The molecule has 1 heterocycles. The van der Waals surface area contributed by atoms with Crippen molar-refractivity contribution in [2.75, 3.05) is 0 Å². The number of alkyl halides is 1. The molecule has 13 heavy (non-hydrogen) atoms. The Kier molecular flexibility index (Phi) is 2.39. The topological polar surface area (TPSA) is 101 Å². The van der Waals surface area contributed by atoms with Crippen LogP contribution in [0.5, 0.6) is 0 Å². The van der Waals surface area contributed by atoms with E-state index in [9.17, 15) is 18.8 Å². The summed E-state index contributed by atoms with van der Waals surface area (Å²) < 4.78 is 16.0. The van der Waals surface area contributed by atoms with Crippen LogP contribution < -0.4 is 0 Å². The number of Topliss-reactive ketones (excluding diaryl/α,β-unsaturated/α-hetero) is 2. The van der Waals surface area contributed by atoms with Crippen molar-refractivity contribution in [3.63, 3.8) is 0 Å². The summed E-state index contributed by atoms with van der Waals surface area (Å²) in [4.78, 5) is 31.6. The van der Waals surface area contributed by atoms with Crippen molar-refractivity contribution in [3.8, 4) is 0 Å². The Hall–Kier alpha value is -1.34. The van der Waals surface area contributed by atoms with Gasteiger partial charge in [-0.15, -0.1) is 0 Å². The predicted octanol–water partition coefficient (Wildman–Crippen LogP) is -2.30. The van der Waals surface area contributed by atoms with E-state index >= 15 is 0 Å². The molecule has 2 unspecified atom stereocenters. The van der Waals surface area contributed by atoms with Crippen LogP contribution in [0, 0.1) is 0 Å². The second-order valence-corrected chi connectivity index (χ2v) is 2.38. The fourth-order valence-corrected chi connectivity index (χ4v) is 0.821. The molecule has 1 fully saturated rings. The Morgan fingerprint density at radius 1 is 1.31 bits per heavy atom. The highest BCUT2D eigenvalue weighted by Gasteiger charge is 2.48. The SMILES string of the molecule is O=C1O[C@H](C(O)C(O)[18F])C(=O)C1=O. The van der Waals surface area contributed by atoms with E-state index in [1.165, 1.54) is 0 Å². The molecule has 1 aliphatic rings. The zero-order chi connectivity index (χ0) is 10.2. The summed E-state index contributed by atoms with van der Waals surface area (Å²) in [5.74, 6) is -4.26. The summed E-state index contributed by atoms with van der Waals surface area (Å²) >= 11 is 0. The first-order valence-corrected chi connectivity index (χ1v) is 3.24. The van der Waals surface area contributed by atoms with Gasteiger partial charge in [0.2, 0.25) is 6.36 Å². The predicted molar refractivity (Wildman–Crippen MR) is 33.0 cm³/mol. The number of halogens is 1. The van der Waals surface area contributed by atoms with E-state index in [0.29, 0.717) is 0 Å². The van der Waals surface area contributed by atoms with Gasteiger partial charge in [-0.1, -0.05) is 0 Å². The highest BCUT2D eigenvalue weighted by molar-refractivity contribution is 6.65. The minimum absolute atomic E-state index is 1.35. The molecule has 0 amide bonds. The average Bonchev–Trinajstić information content (AvgIpc) is 2.31. The monoisotopic (exact) mass is 191 g/mol. The molecular formula is C6H5FO6. The number of carbonyl (C=O) groups is 3. The van der Waals surface area contributed by atoms with Gasteiger partial charge < -0.3 is 14.9 Å². The number of ketones is 2. The number of esters is 1. The molecule has 7 heteroatoms. The maximum Gasteiger partial charge on any atom is 0.383 e. The molecule has 1 rings (SSSR count). The lowest BCUT2D eigenvalue weighted by atomic mass is 10.1. The Morgan fingerprint density at radius 2 is 1.85 bits per heavy atom.